The van der Waals surface area contributed by atoms with Crippen LogP contribution in [0.3, 0.4) is 0 Å². The zero-order valence-corrected chi connectivity index (χ0v) is 12.4. The second-order valence-corrected chi connectivity index (χ2v) is 4.89. The number of ether oxygens (including phenoxy) is 1. The summed E-state index contributed by atoms with van der Waals surface area (Å²) in [4.78, 5) is 2.44. The highest BCUT2D eigenvalue weighted by molar-refractivity contribution is 6.32. The van der Waals surface area contributed by atoms with Gasteiger partial charge in [0.2, 0.25) is 0 Å². The topological polar surface area (TPSA) is 24.5 Å². The summed E-state index contributed by atoms with van der Waals surface area (Å²) in [6.45, 7) is 3.22. The number of likely N-dealkylation sites (tertiary alicyclic amines) is 1. The van der Waals surface area contributed by atoms with Crippen molar-refractivity contribution in [1.29, 1.82) is 0 Å². The predicted molar refractivity (Wildman–Crippen MR) is 78.0 cm³/mol. The fraction of sp³-hybridized carbons (Fsp3) is 0.538. The fourth-order valence-corrected chi connectivity index (χ4v) is 2.56. The fourth-order valence-electron chi connectivity index (χ4n) is 2.28. The highest BCUT2D eigenvalue weighted by Crippen LogP contribution is 2.26. The van der Waals surface area contributed by atoms with Crippen LogP contribution in [0.15, 0.2) is 18.2 Å². The zero-order chi connectivity index (χ0) is 12.3. The maximum atomic E-state index is 6.12. The van der Waals surface area contributed by atoms with E-state index in [2.05, 4.69) is 16.3 Å². The van der Waals surface area contributed by atoms with Crippen LogP contribution in [-0.4, -0.2) is 38.2 Å². The summed E-state index contributed by atoms with van der Waals surface area (Å²) in [6.07, 6.45) is 1.22. The molecule has 1 heterocycles. The van der Waals surface area contributed by atoms with E-state index in [4.69, 9.17) is 16.3 Å². The van der Waals surface area contributed by atoms with E-state index >= 15 is 0 Å². The van der Waals surface area contributed by atoms with Gasteiger partial charge in [0.05, 0.1) is 12.1 Å². The van der Waals surface area contributed by atoms with Crippen molar-refractivity contribution in [3.05, 3.63) is 28.8 Å². The molecule has 0 spiro atoms. The number of hydrogen-bond donors (Lipinski definition) is 1. The van der Waals surface area contributed by atoms with Crippen molar-refractivity contribution in [3.63, 3.8) is 0 Å². The quantitative estimate of drug-likeness (QED) is 0.922. The van der Waals surface area contributed by atoms with E-state index in [0.29, 0.717) is 11.1 Å². The monoisotopic (exact) mass is 290 g/mol. The Bertz CT molecular complexity index is 387. The van der Waals surface area contributed by atoms with Crippen LogP contribution >= 0.6 is 24.0 Å². The third-order valence-electron chi connectivity index (χ3n) is 3.30. The normalized spacial score (nSPS) is 19.6. The van der Waals surface area contributed by atoms with Crippen molar-refractivity contribution in [2.45, 2.75) is 19.0 Å². The van der Waals surface area contributed by atoms with Gasteiger partial charge in [0.1, 0.15) is 5.75 Å². The van der Waals surface area contributed by atoms with Gasteiger partial charge in [0, 0.05) is 25.7 Å². The lowest BCUT2D eigenvalue weighted by atomic mass is 10.2. The first-order valence-electron chi connectivity index (χ1n) is 5.95. The summed E-state index contributed by atoms with van der Waals surface area (Å²) in [6, 6.07) is 6.64. The highest BCUT2D eigenvalue weighted by atomic mass is 35.5. The van der Waals surface area contributed by atoms with Crippen molar-refractivity contribution in [1.82, 2.24) is 10.2 Å². The number of benzene rings is 1. The molecule has 1 N–H and O–H groups in total. The second kappa shape index (κ2) is 7.19. The average molecular weight is 291 g/mol. The summed E-state index contributed by atoms with van der Waals surface area (Å²) in [5, 5.41) is 4.01. The van der Waals surface area contributed by atoms with Crippen molar-refractivity contribution >= 4 is 24.0 Å². The summed E-state index contributed by atoms with van der Waals surface area (Å²) >= 11 is 6.12. The first-order chi connectivity index (χ1) is 8.22. The third kappa shape index (κ3) is 3.75. The number of methoxy groups -OCH3 is 1. The molecule has 1 aliphatic heterocycles. The Morgan fingerprint density at radius 1 is 1.50 bits per heavy atom. The molecule has 0 amide bonds. The molecule has 5 heteroatoms. The van der Waals surface area contributed by atoms with Crippen LogP contribution in [0.4, 0.5) is 0 Å². The molecular formula is C13H20Cl2N2O. The van der Waals surface area contributed by atoms with E-state index in [1.165, 1.54) is 12.0 Å². The van der Waals surface area contributed by atoms with E-state index in [1.807, 2.05) is 19.2 Å². The molecule has 0 aromatic heterocycles. The van der Waals surface area contributed by atoms with Crippen LogP contribution in [0.2, 0.25) is 5.02 Å². The summed E-state index contributed by atoms with van der Waals surface area (Å²) in [7, 11) is 3.66. The van der Waals surface area contributed by atoms with E-state index in [0.717, 1.165) is 25.4 Å². The van der Waals surface area contributed by atoms with Gasteiger partial charge in [-0.2, -0.15) is 0 Å². The summed E-state index contributed by atoms with van der Waals surface area (Å²) < 4.78 is 5.15. The standard InChI is InChI=1S/C13H19ClN2O.ClH/c1-15-11-5-6-16(9-11)8-10-3-4-13(17-2)12(14)7-10;/h3-4,7,11,15H,5-6,8-9H2,1-2H3;1H. The van der Waals surface area contributed by atoms with Gasteiger partial charge in [-0.05, 0) is 31.2 Å². The van der Waals surface area contributed by atoms with E-state index < -0.39 is 0 Å². The SMILES string of the molecule is CNC1CCN(Cc2ccc(OC)c(Cl)c2)C1.Cl. The molecule has 1 aliphatic rings. The van der Waals surface area contributed by atoms with Crippen molar-refractivity contribution in [2.75, 3.05) is 27.2 Å². The molecule has 1 saturated heterocycles. The van der Waals surface area contributed by atoms with Crippen molar-refractivity contribution in [2.24, 2.45) is 0 Å². The van der Waals surface area contributed by atoms with E-state index in [1.54, 1.807) is 7.11 Å². The Hall–Kier alpha value is -0.480. The maximum Gasteiger partial charge on any atom is 0.137 e. The molecule has 1 aromatic carbocycles. The lowest BCUT2D eigenvalue weighted by Gasteiger charge is -2.16. The molecule has 0 radical (unpaired) electrons. The van der Waals surface area contributed by atoms with Gasteiger partial charge in [-0.1, -0.05) is 17.7 Å². The Labute approximate surface area is 120 Å². The van der Waals surface area contributed by atoms with E-state index in [9.17, 15) is 0 Å². The molecular weight excluding hydrogens is 271 g/mol. The van der Waals surface area contributed by atoms with Crippen LogP contribution in [0.5, 0.6) is 5.75 Å². The Balaban J connectivity index is 0.00000162. The molecule has 102 valence electrons. The summed E-state index contributed by atoms with van der Waals surface area (Å²) in [5.74, 6) is 0.741. The van der Waals surface area contributed by atoms with Gasteiger partial charge >= 0.3 is 0 Å². The molecule has 0 saturated carbocycles. The molecule has 0 aliphatic carbocycles. The van der Waals surface area contributed by atoms with Gasteiger partial charge in [0.15, 0.2) is 0 Å². The molecule has 1 aromatic rings. The predicted octanol–water partition coefficient (Wildman–Crippen LogP) is 2.56. The number of nitrogens with zero attached hydrogens (tertiary/aromatic N) is 1. The van der Waals surface area contributed by atoms with E-state index in [-0.39, 0.29) is 12.4 Å². The molecule has 2 rings (SSSR count). The van der Waals surface area contributed by atoms with Crippen molar-refractivity contribution < 1.29 is 4.74 Å². The minimum Gasteiger partial charge on any atom is -0.495 e. The Morgan fingerprint density at radius 3 is 2.83 bits per heavy atom. The maximum absolute atomic E-state index is 6.12. The minimum atomic E-state index is 0. The van der Waals surface area contributed by atoms with Crippen LogP contribution in [0.1, 0.15) is 12.0 Å². The average Bonchev–Trinajstić information content (AvgIpc) is 2.77. The Morgan fingerprint density at radius 2 is 2.28 bits per heavy atom. The largest absolute Gasteiger partial charge is 0.495 e. The smallest absolute Gasteiger partial charge is 0.137 e. The molecule has 1 unspecified atom stereocenters. The van der Waals surface area contributed by atoms with Crippen molar-refractivity contribution in [3.8, 4) is 5.75 Å². The second-order valence-electron chi connectivity index (χ2n) is 4.48. The first kappa shape index (κ1) is 15.6. The summed E-state index contributed by atoms with van der Waals surface area (Å²) in [5.41, 5.74) is 1.24. The number of halogens is 2. The molecule has 0 bridgehead atoms. The van der Waals surface area contributed by atoms with Gasteiger partial charge < -0.3 is 10.1 Å². The van der Waals surface area contributed by atoms with Crippen LogP contribution in [-0.2, 0) is 6.54 Å². The van der Waals surface area contributed by atoms with Crippen LogP contribution in [0.25, 0.3) is 0 Å². The lowest BCUT2D eigenvalue weighted by Crippen LogP contribution is -2.29. The Kier molecular flexibility index (Phi) is 6.22. The molecule has 3 nitrogen and oxygen atoms in total. The van der Waals surface area contributed by atoms with Crippen LogP contribution in [0, 0.1) is 0 Å². The zero-order valence-electron chi connectivity index (χ0n) is 10.8. The lowest BCUT2D eigenvalue weighted by molar-refractivity contribution is 0.322. The molecule has 18 heavy (non-hydrogen) atoms. The number of nitrogens with one attached hydrogen (secondary N) is 1. The third-order valence-corrected chi connectivity index (χ3v) is 3.60. The minimum absolute atomic E-state index is 0. The van der Waals surface area contributed by atoms with Crippen LogP contribution < -0.4 is 10.1 Å². The van der Waals surface area contributed by atoms with Gasteiger partial charge in [-0.25, -0.2) is 0 Å². The van der Waals surface area contributed by atoms with Gasteiger partial charge in [-0.3, -0.25) is 4.90 Å². The van der Waals surface area contributed by atoms with Gasteiger partial charge in [-0.15, -0.1) is 12.4 Å². The first-order valence-corrected chi connectivity index (χ1v) is 6.32. The highest BCUT2D eigenvalue weighted by Gasteiger charge is 2.20. The number of hydrogen-bond acceptors (Lipinski definition) is 3. The number of rotatable bonds is 4. The van der Waals surface area contributed by atoms with Gasteiger partial charge in [0.25, 0.3) is 0 Å². The number of likely N-dealkylation sites (N-methyl/N-ethyl adjacent to an activating group) is 1. The molecule has 1 fully saturated rings. The molecule has 1 atom stereocenters.